The number of hydrogen-bond acceptors (Lipinski definition) is 1. The zero-order valence-electron chi connectivity index (χ0n) is 6.26. The highest BCUT2D eigenvalue weighted by Gasteiger charge is 2.14. The molecule has 0 aliphatic carbocycles. The fourth-order valence-corrected chi connectivity index (χ4v) is 2.45. The minimum absolute atomic E-state index is 0.301. The van der Waals surface area contributed by atoms with Crippen molar-refractivity contribution in [2.75, 3.05) is 25.7 Å². The molecule has 0 unspecified atom stereocenters. The first kappa shape index (κ1) is 7.42. The maximum atomic E-state index is 5.26. The molecule has 0 bridgehead atoms. The quantitative estimate of drug-likeness (QED) is 0.553. The predicted molar refractivity (Wildman–Crippen MR) is 44.7 cm³/mol. The number of hydrogen-bond donors (Lipinski definition) is 1. The van der Waals surface area contributed by atoms with Crippen LogP contribution in [0.5, 0.6) is 0 Å². The van der Waals surface area contributed by atoms with Gasteiger partial charge >= 0.3 is 0 Å². The van der Waals surface area contributed by atoms with Crippen molar-refractivity contribution < 1.29 is 4.74 Å². The smallest absolute Gasteiger partial charge is 0.0475 e. The van der Waals surface area contributed by atoms with Gasteiger partial charge in [0.2, 0.25) is 0 Å². The highest BCUT2D eigenvalue weighted by molar-refractivity contribution is 8.16. The van der Waals surface area contributed by atoms with Crippen LogP contribution in [-0.4, -0.2) is 31.0 Å². The Bertz CT molecular complexity index is 77.0. The van der Waals surface area contributed by atoms with Crippen molar-refractivity contribution in [1.29, 1.82) is 0 Å². The Balaban J connectivity index is 2.23. The minimum atomic E-state index is 0.301. The summed E-state index contributed by atoms with van der Waals surface area (Å²) in [5.74, 6) is 0. The van der Waals surface area contributed by atoms with Crippen LogP contribution in [0.1, 0.15) is 12.8 Å². The Morgan fingerprint density at radius 1 is 1.22 bits per heavy atom. The van der Waals surface area contributed by atoms with E-state index in [2.05, 4.69) is 12.5 Å². The van der Waals surface area contributed by atoms with Crippen LogP contribution in [0.25, 0.3) is 0 Å². The van der Waals surface area contributed by atoms with Crippen LogP contribution < -0.4 is 0 Å². The molecule has 1 aliphatic rings. The molecule has 0 aromatic carbocycles. The summed E-state index contributed by atoms with van der Waals surface area (Å²) in [5.41, 5.74) is 0. The lowest BCUT2D eigenvalue weighted by atomic mass is 10.2. The minimum Gasteiger partial charge on any atom is -0.381 e. The van der Waals surface area contributed by atoms with E-state index in [1.165, 1.54) is 12.8 Å². The first-order chi connectivity index (χ1) is 4.30. The van der Waals surface area contributed by atoms with Gasteiger partial charge in [0, 0.05) is 13.2 Å². The van der Waals surface area contributed by atoms with Crippen LogP contribution in [0.15, 0.2) is 0 Å². The van der Waals surface area contributed by atoms with Crippen molar-refractivity contribution >= 4 is 10.9 Å². The molecule has 1 aliphatic heterocycles. The van der Waals surface area contributed by atoms with Crippen molar-refractivity contribution in [2.45, 2.75) is 18.1 Å². The SMILES string of the molecule is C[SH](C)C1CCOCC1. The molecule has 2 heteroatoms. The van der Waals surface area contributed by atoms with E-state index in [0.29, 0.717) is 10.9 Å². The molecule has 1 fully saturated rings. The molecule has 0 N–H and O–H groups in total. The molecular weight excluding hydrogens is 132 g/mol. The lowest BCUT2D eigenvalue weighted by molar-refractivity contribution is 0.0998. The summed E-state index contributed by atoms with van der Waals surface area (Å²) in [4.78, 5) is 0. The van der Waals surface area contributed by atoms with E-state index in [0.717, 1.165) is 18.5 Å². The molecule has 0 saturated carbocycles. The van der Waals surface area contributed by atoms with Gasteiger partial charge in [-0.3, -0.25) is 10.9 Å². The molecule has 1 saturated heterocycles. The fraction of sp³-hybridized carbons (Fsp3) is 1.00. The highest BCUT2D eigenvalue weighted by atomic mass is 32.2. The van der Waals surface area contributed by atoms with Crippen molar-refractivity contribution in [2.24, 2.45) is 0 Å². The standard InChI is InChI=1S/C7H16OS/c1-9(2)7-3-5-8-6-4-7/h7,9H,3-6H2,1-2H3. The first-order valence-corrected chi connectivity index (χ1v) is 5.85. The maximum absolute atomic E-state index is 5.26. The summed E-state index contributed by atoms with van der Waals surface area (Å²) in [6, 6.07) is 0. The van der Waals surface area contributed by atoms with Gasteiger partial charge in [-0.1, -0.05) is 0 Å². The highest BCUT2D eigenvalue weighted by Crippen LogP contribution is 2.29. The number of thiol groups is 1. The van der Waals surface area contributed by atoms with E-state index in [4.69, 9.17) is 4.74 Å². The summed E-state index contributed by atoms with van der Waals surface area (Å²) in [6.45, 7) is 2.01. The molecule has 1 nitrogen and oxygen atoms in total. The second kappa shape index (κ2) is 3.47. The van der Waals surface area contributed by atoms with Crippen molar-refractivity contribution in [3.05, 3.63) is 0 Å². The Hall–Kier alpha value is 0.310. The molecule has 56 valence electrons. The summed E-state index contributed by atoms with van der Waals surface area (Å²) in [6.07, 6.45) is 7.34. The lowest BCUT2D eigenvalue weighted by Gasteiger charge is -2.27. The van der Waals surface area contributed by atoms with E-state index >= 15 is 0 Å². The van der Waals surface area contributed by atoms with Gasteiger partial charge in [-0.05, 0) is 30.6 Å². The third-order valence-electron chi connectivity index (χ3n) is 1.92. The lowest BCUT2D eigenvalue weighted by Crippen LogP contribution is -2.19. The van der Waals surface area contributed by atoms with E-state index in [1.54, 1.807) is 0 Å². The van der Waals surface area contributed by atoms with Gasteiger partial charge in [-0.25, -0.2) is 0 Å². The molecule has 9 heavy (non-hydrogen) atoms. The van der Waals surface area contributed by atoms with E-state index < -0.39 is 0 Å². The molecular formula is C7H16OS. The third-order valence-corrected chi connectivity index (χ3v) is 3.90. The van der Waals surface area contributed by atoms with Gasteiger partial charge in [-0.2, -0.15) is 0 Å². The van der Waals surface area contributed by atoms with Crippen LogP contribution in [0.2, 0.25) is 0 Å². The summed E-state index contributed by atoms with van der Waals surface area (Å²) >= 11 is 0. The van der Waals surface area contributed by atoms with Crippen molar-refractivity contribution in [3.63, 3.8) is 0 Å². The normalized spacial score (nSPS) is 24.0. The average molecular weight is 148 g/mol. The topological polar surface area (TPSA) is 9.23 Å². The average Bonchev–Trinajstić information content (AvgIpc) is 1.90. The van der Waals surface area contributed by atoms with Crippen LogP contribution in [0.4, 0.5) is 0 Å². The Morgan fingerprint density at radius 2 is 1.78 bits per heavy atom. The molecule has 0 aromatic rings. The second-order valence-corrected chi connectivity index (χ2v) is 5.46. The van der Waals surface area contributed by atoms with Gasteiger partial charge in [0.15, 0.2) is 0 Å². The Labute approximate surface area is 60.1 Å². The molecule has 0 aromatic heterocycles. The predicted octanol–water partition coefficient (Wildman–Crippen LogP) is 1.43. The van der Waals surface area contributed by atoms with Crippen LogP contribution in [0.3, 0.4) is 0 Å². The summed E-state index contributed by atoms with van der Waals surface area (Å²) < 4.78 is 5.26. The monoisotopic (exact) mass is 148 g/mol. The molecule has 0 atom stereocenters. The van der Waals surface area contributed by atoms with Gasteiger partial charge in [0.05, 0.1) is 0 Å². The number of rotatable bonds is 1. The summed E-state index contributed by atoms with van der Waals surface area (Å²) in [7, 11) is 0.301. The van der Waals surface area contributed by atoms with Gasteiger partial charge in [0.25, 0.3) is 0 Å². The number of ether oxygens (including phenoxy) is 1. The van der Waals surface area contributed by atoms with Crippen LogP contribution in [-0.2, 0) is 4.74 Å². The Morgan fingerprint density at radius 3 is 2.11 bits per heavy atom. The van der Waals surface area contributed by atoms with Crippen molar-refractivity contribution in [1.82, 2.24) is 0 Å². The molecule has 1 heterocycles. The van der Waals surface area contributed by atoms with Crippen LogP contribution >= 0.6 is 10.9 Å². The maximum Gasteiger partial charge on any atom is 0.0475 e. The first-order valence-electron chi connectivity index (χ1n) is 3.55. The Kier molecular flexibility index (Phi) is 2.86. The molecule has 0 radical (unpaired) electrons. The molecule has 1 rings (SSSR count). The molecule has 0 spiro atoms. The zero-order valence-corrected chi connectivity index (χ0v) is 7.16. The second-order valence-electron chi connectivity index (χ2n) is 2.81. The van der Waals surface area contributed by atoms with Crippen LogP contribution in [0, 0.1) is 0 Å². The van der Waals surface area contributed by atoms with Crippen molar-refractivity contribution in [3.8, 4) is 0 Å². The third kappa shape index (κ3) is 2.18. The van der Waals surface area contributed by atoms with E-state index in [1.807, 2.05) is 0 Å². The van der Waals surface area contributed by atoms with Gasteiger partial charge < -0.3 is 4.74 Å². The summed E-state index contributed by atoms with van der Waals surface area (Å²) in [5, 5.41) is 0.994. The van der Waals surface area contributed by atoms with Gasteiger partial charge in [-0.15, -0.1) is 0 Å². The molecule has 0 amide bonds. The van der Waals surface area contributed by atoms with Gasteiger partial charge in [0.1, 0.15) is 0 Å². The fourth-order valence-electron chi connectivity index (χ4n) is 1.20. The van der Waals surface area contributed by atoms with E-state index in [9.17, 15) is 0 Å². The largest absolute Gasteiger partial charge is 0.381 e. The zero-order chi connectivity index (χ0) is 6.69. The van der Waals surface area contributed by atoms with E-state index in [-0.39, 0.29) is 0 Å².